The Kier molecular flexibility index (Phi) is 6.48. The second kappa shape index (κ2) is 9.06. The molecular weight excluding hydrogens is 410 g/mol. The maximum atomic E-state index is 12.4. The monoisotopic (exact) mass is 431 g/mol. The van der Waals surface area contributed by atoms with Crippen LogP contribution in [0.3, 0.4) is 0 Å². The number of esters is 1. The van der Waals surface area contributed by atoms with Crippen molar-refractivity contribution in [3.05, 3.63) is 60.0 Å². The lowest BCUT2D eigenvalue weighted by molar-refractivity contribution is -0.147. The van der Waals surface area contributed by atoms with Crippen molar-refractivity contribution in [3.8, 4) is 17.2 Å². The van der Waals surface area contributed by atoms with E-state index in [2.05, 4.69) is 14.9 Å². The van der Waals surface area contributed by atoms with Crippen LogP contribution in [-0.2, 0) is 26.2 Å². The Hall–Kier alpha value is -3.24. The van der Waals surface area contributed by atoms with E-state index in [1.165, 1.54) is 19.1 Å². The Morgan fingerprint density at radius 1 is 1.10 bits per heavy atom. The molecule has 0 saturated heterocycles. The first kappa shape index (κ1) is 21.5. The highest BCUT2D eigenvalue weighted by atomic mass is 32.2. The largest absolute Gasteiger partial charge is 0.497 e. The predicted molar refractivity (Wildman–Crippen MR) is 107 cm³/mol. The zero-order chi connectivity index (χ0) is 21.7. The summed E-state index contributed by atoms with van der Waals surface area (Å²) < 4.78 is 42.7. The number of nitrogens with zero attached hydrogens (tertiary/aromatic N) is 2. The molecule has 1 heterocycles. The molecule has 30 heavy (non-hydrogen) atoms. The smallest absolute Gasteiger partial charge is 0.324 e. The molecule has 0 radical (unpaired) electrons. The molecule has 0 fully saturated rings. The van der Waals surface area contributed by atoms with Gasteiger partial charge in [0.1, 0.15) is 11.8 Å². The molecule has 158 valence electrons. The Labute approximate surface area is 174 Å². The number of carbonyl (C=O) groups is 1. The van der Waals surface area contributed by atoms with Crippen LogP contribution in [0.25, 0.3) is 11.5 Å². The average Bonchev–Trinajstić information content (AvgIpc) is 3.21. The first-order valence-electron chi connectivity index (χ1n) is 9.01. The van der Waals surface area contributed by atoms with Crippen LogP contribution in [0.1, 0.15) is 18.4 Å². The van der Waals surface area contributed by atoms with E-state index in [0.29, 0.717) is 11.3 Å². The predicted octanol–water partition coefficient (Wildman–Crippen LogP) is 2.46. The van der Waals surface area contributed by atoms with E-state index in [-0.39, 0.29) is 23.3 Å². The number of nitrogens with one attached hydrogen (secondary N) is 1. The Morgan fingerprint density at radius 2 is 1.77 bits per heavy atom. The number of benzene rings is 2. The molecule has 1 N–H and O–H groups in total. The lowest BCUT2D eigenvalue weighted by Gasteiger charge is -2.13. The summed E-state index contributed by atoms with van der Waals surface area (Å²) in [5.41, 5.74) is 1.61. The highest BCUT2D eigenvalue weighted by Crippen LogP contribution is 2.21. The van der Waals surface area contributed by atoms with Crippen molar-refractivity contribution in [3.63, 3.8) is 0 Å². The van der Waals surface area contributed by atoms with Gasteiger partial charge >= 0.3 is 5.97 Å². The van der Waals surface area contributed by atoms with Crippen LogP contribution < -0.4 is 9.46 Å². The molecule has 0 spiro atoms. The first-order chi connectivity index (χ1) is 14.3. The van der Waals surface area contributed by atoms with E-state index in [0.717, 1.165) is 5.56 Å². The van der Waals surface area contributed by atoms with Crippen LogP contribution in [0.5, 0.6) is 5.75 Å². The zero-order valence-electron chi connectivity index (χ0n) is 16.7. The molecular formula is C20H21N3O6S. The van der Waals surface area contributed by atoms with Gasteiger partial charge in [0.05, 0.1) is 12.0 Å². The van der Waals surface area contributed by atoms with Crippen LogP contribution in [0.15, 0.2) is 57.8 Å². The topological polar surface area (TPSA) is 121 Å². The molecule has 0 amide bonds. The summed E-state index contributed by atoms with van der Waals surface area (Å²) in [5.74, 6) is 0.268. The number of rotatable bonds is 8. The van der Waals surface area contributed by atoms with Crippen molar-refractivity contribution < 1.29 is 27.1 Å². The molecule has 0 saturated carbocycles. The molecule has 0 unspecified atom stereocenters. The summed E-state index contributed by atoms with van der Waals surface area (Å²) >= 11 is 0. The van der Waals surface area contributed by atoms with Gasteiger partial charge in [-0.25, -0.2) is 8.42 Å². The van der Waals surface area contributed by atoms with Gasteiger partial charge in [-0.05, 0) is 50.2 Å². The fourth-order valence-corrected chi connectivity index (χ4v) is 3.68. The third-order valence-corrected chi connectivity index (χ3v) is 5.72. The third kappa shape index (κ3) is 5.22. The molecule has 10 heteroatoms. The Morgan fingerprint density at radius 3 is 2.40 bits per heavy atom. The van der Waals surface area contributed by atoms with Gasteiger partial charge in [-0.15, -0.1) is 10.2 Å². The molecule has 0 aliphatic heterocycles. The lowest BCUT2D eigenvalue weighted by Crippen LogP contribution is -2.39. The maximum Gasteiger partial charge on any atom is 0.324 e. The second-order valence-corrected chi connectivity index (χ2v) is 8.21. The minimum atomic E-state index is -3.85. The van der Waals surface area contributed by atoms with E-state index in [4.69, 9.17) is 13.9 Å². The van der Waals surface area contributed by atoms with E-state index >= 15 is 0 Å². The number of methoxy groups -OCH3 is 1. The zero-order valence-corrected chi connectivity index (χ0v) is 17.5. The second-order valence-electron chi connectivity index (χ2n) is 6.49. The summed E-state index contributed by atoms with van der Waals surface area (Å²) in [6.45, 7) is 2.96. The minimum Gasteiger partial charge on any atom is -0.497 e. The number of carbonyl (C=O) groups excluding carboxylic acids is 1. The molecule has 2 aromatic carbocycles. The van der Waals surface area contributed by atoms with E-state index in [1.54, 1.807) is 43.5 Å². The normalized spacial score (nSPS) is 12.4. The van der Waals surface area contributed by atoms with E-state index in [9.17, 15) is 13.2 Å². The highest BCUT2D eigenvalue weighted by Gasteiger charge is 2.23. The van der Waals surface area contributed by atoms with Crippen LogP contribution in [0.2, 0.25) is 0 Å². The van der Waals surface area contributed by atoms with Crippen LogP contribution >= 0.6 is 0 Å². The fraction of sp³-hybridized carbons (Fsp3) is 0.250. The SMILES string of the molecule is COc1ccc(-c2nnc(COC(=O)[C@H](C)NS(=O)(=O)c3ccc(C)cc3)o2)cc1. The van der Waals surface area contributed by atoms with Crippen molar-refractivity contribution in [2.75, 3.05) is 7.11 Å². The summed E-state index contributed by atoms with van der Waals surface area (Å²) in [6.07, 6.45) is 0. The Balaban J connectivity index is 1.57. The summed E-state index contributed by atoms with van der Waals surface area (Å²) in [4.78, 5) is 12.2. The van der Waals surface area contributed by atoms with Gasteiger partial charge in [0.2, 0.25) is 15.9 Å². The molecule has 1 aromatic heterocycles. The molecule has 0 bridgehead atoms. The van der Waals surface area contributed by atoms with Crippen molar-refractivity contribution in [1.82, 2.24) is 14.9 Å². The van der Waals surface area contributed by atoms with E-state index in [1.807, 2.05) is 6.92 Å². The van der Waals surface area contributed by atoms with Crippen molar-refractivity contribution in [2.45, 2.75) is 31.4 Å². The van der Waals surface area contributed by atoms with Gasteiger partial charge in [-0.1, -0.05) is 17.7 Å². The van der Waals surface area contributed by atoms with Gasteiger partial charge in [0, 0.05) is 5.56 Å². The number of sulfonamides is 1. The minimum absolute atomic E-state index is 0.0637. The molecule has 0 aliphatic carbocycles. The lowest BCUT2D eigenvalue weighted by atomic mass is 10.2. The van der Waals surface area contributed by atoms with Gasteiger partial charge in [-0.2, -0.15) is 4.72 Å². The van der Waals surface area contributed by atoms with Gasteiger partial charge < -0.3 is 13.9 Å². The maximum absolute atomic E-state index is 12.4. The highest BCUT2D eigenvalue weighted by molar-refractivity contribution is 7.89. The van der Waals surface area contributed by atoms with Crippen LogP contribution in [0.4, 0.5) is 0 Å². The van der Waals surface area contributed by atoms with Crippen molar-refractivity contribution >= 4 is 16.0 Å². The van der Waals surface area contributed by atoms with Crippen LogP contribution in [0, 0.1) is 6.92 Å². The van der Waals surface area contributed by atoms with Crippen LogP contribution in [-0.4, -0.2) is 37.7 Å². The number of ether oxygens (including phenoxy) is 2. The third-order valence-electron chi connectivity index (χ3n) is 4.16. The standard InChI is InChI=1S/C20H21N3O6S/c1-13-4-10-17(11-5-13)30(25,26)23-14(2)20(24)28-12-18-21-22-19(29-18)15-6-8-16(27-3)9-7-15/h4-11,14,23H,12H2,1-3H3/t14-/m0/s1. The molecule has 1 atom stereocenters. The van der Waals surface area contributed by atoms with Gasteiger partial charge in [0.25, 0.3) is 5.89 Å². The number of hydrogen-bond donors (Lipinski definition) is 1. The fourth-order valence-electron chi connectivity index (χ4n) is 2.49. The van der Waals surface area contributed by atoms with Crippen molar-refractivity contribution in [2.24, 2.45) is 0 Å². The van der Waals surface area contributed by atoms with E-state index < -0.39 is 22.0 Å². The Bertz CT molecular complexity index is 1110. The van der Waals surface area contributed by atoms with Gasteiger partial charge in [0.15, 0.2) is 6.61 Å². The first-order valence-corrected chi connectivity index (χ1v) is 10.5. The average molecular weight is 431 g/mol. The summed E-state index contributed by atoms with van der Waals surface area (Å²) in [6, 6.07) is 12.2. The molecule has 9 nitrogen and oxygen atoms in total. The van der Waals surface area contributed by atoms with Crippen molar-refractivity contribution in [1.29, 1.82) is 0 Å². The summed E-state index contributed by atoms with van der Waals surface area (Å²) in [7, 11) is -2.29. The molecule has 3 aromatic rings. The summed E-state index contributed by atoms with van der Waals surface area (Å²) in [5, 5.41) is 7.74. The quantitative estimate of drug-likeness (QED) is 0.540. The number of aromatic nitrogens is 2. The number of hydrogen-bond acceptors (Lipinski definition) is 8. The molecule has 0 aliphatic rings. The van der Waals surface area contributed by atoms with Gasteiger partial charge in [-0.3, -0.25) is 4.79 Å². The number of aryl methyl sites for hydroxylation is 1. The molecule has 3 rings (SSSR count).